The van der Waals surface area contributed by atoms with Crippen LogP contribution in [0.4, 0.5) is 0 Å². The van der Waals surface area contributed by atoms with E-state index in [4.69, 9.17) is 4.42 Å². The third-order valence-corrected chi connectivity index (χ3v) is 2.25. The molecule has 0 atom stereocenters. The molecule has 0 bridgehead atoms. The normalized spacial score (nSPS) is 11.2. The summed E-state index contributed by atoms with van der Waals surface area (Å²) in [5.41, 5.74) is 0. The minimum absolute atomic E-state index is 0.721. The van der Waals surface area contributed by atoms with Gasteiger partial charge in [-0.25, -0.2) is 4.98 Å². The summed E-state index contributed by atoms with van der Waals surface area (Å²) in [6, 6.07) is 0. The third kappa shape index (κ3) is 4.98. The molecule has 15 heavy (non-hydrogen) atoms. The van der Waals surface area contributed by atoms with Gasteiger partial charge in [0.05, 0.1) is 6.20 Å². The first-order valence-electron chi connectivity index (χ1n) is 5.86. The minimum atomic E-state index is 0.721. The van der Waals surface area contributed by atoms with Crippen LogP contribution in [0.25, 0.3) is 0 Å². The Morgan fingerprint density at radius 1 is 1.47 bits per heavy atom. The maximum atomic E-state index is 5.52. The standard InChI is InChI=1S/C12H22N2O/c1-4-11-9-14-12(15-11)6-5-7-13-8-10(2)3/h9-10,13H,4-8H2,1-3H3. The fraction of sp³-hybridized carbons (Fsp3) is 0.750. The van der Waals surface area contributed by atoms with Gasteiger partial charge in [-0.1, -0.05) is 20.8 Å². The lowest BCUT2D eigenvalue weighted by molar-refractivity contribution is 0.447. The van der Waals surface area contributed by atoms with Gasteiger partial charge < -0.3 is 9.73 Å². The molecule has 1 N–H and O–H groups in total. The summed E-state index contributed by atoms with van der Waals surface area (Å²) in [4.78, 5) is 4.23. The van der Waals surface area contributed by atoms with Crippen LogP contribution in [-0.2, 0) is 12.8 Å². The fourth-order valence-electron chi connectivity index (χ4n) is 1.38. The summed E-state index contributed by atoms with van der Waals surface area (Å²) in [6.07, 6.45) is 4.79. The maximum absolute atomic E-state index is 5.52. The number of nitrogens with zero attached hydrogens (tertiary/aromatic N) is 1. The molecule has 3 nitrogen and oxygen atoms in total. The van der Waals surface area contributed by atoms with Crippen LogP contribution < -0.4 is 5.32 Å². The van der Waals surface area contributed by atoms with Gasteiger partial charge >= 0.3 is 0 Å². The Balaban J connectivity index is 2.09. The number of hydrogen-bond acceptors (Lipinski definition) is 3. The molecule has 86 valence electrons. The van der Waals surface area contributed by atoms with Crippen molar-refractivity contribution in [3.63, 3.8) is 0 Å². The van der Waals surface area contributed by atoms with E-state index in [1.165, 1.54) is 0 Å². The molecule has 0 unspecified atom stereocenters. The van der Waals surface area contributed by atoms with Crippen molar-refractivity contribution in [1.82, 2.24) is 10.3 Å². The second-order valence-corrected chi connectivity index (χ2v) is 4.28. The van der Waals surface area contributed by atoms with Gasteiger partial charge in [0.2, 0.25) is 0 Å². The van der Waals surface area contributed by atoms with Crippen molar-refractivity contribution in [2.75, 3.05) is 13.1 Å². The van der Waals surface area contributed by atoms with Gasteiger partial charge in [0.1, 0.15) is 5.76 Å². The van der Waals surface area contributed by atoms with Crippen LogP contribution in [-0.4, -0.2) is 18.1 Å². The minimum Gasteiger partial charge on any atom is -0.446 e. The lowest BCUT2D eigenvalue weighted by atomic mass is 10.2. The quantitative estimate of drug-likeness (QED) is 0.702. The highest BCUT2D eigenvalue weighted by atomic mass is 16.4. The monoisotopic (exact) mass is 210 g/mol. The Morgan fingerprint density at radius 2 is 2.27 bits per heavy atom. The molecule has 1 heterocycles. The number of aromatic nitrogens is 1. The summed E-state index contributed by atoms with van der Waals surface area (Å²) in [7, 11) is 0. The lowest BCUT2D eigenvalue weighted by Gasteiger charge is -2.05. The highest BCUT2D eigenvalue weighted by Crippen LogP contribution is 2.05. The molecule has 0 radical (unpaired) electrons. The van der Waals surface area contributed by atoms with E-state index in [9.17, 15) is 0 Å². The fourth-order valence-corrected chi connectivity index (χ4v) is 1.38. The van der Waals surface area contributed by atoms with E-state index in [1.807, 2.05) is 6.20 Å². The van der Waals surface area contributed by atoms with Crippen molar-refractivity contribution < 1.29 is 4.42 Å². The topological polar surface area (TPSA) is 38.1 Å². The van der Waals surface area contributed by atoms with Crippen molar-refractivity contribution in [3.8, 4) is 0 Å². The molecule has 3 heteroatoms. The average Bonchev–Trinajstić information content (AvgIpc) is 2.65. The Bertz CT molecular complexity index is 268. The molecule has 0 amide bonds. The van der Waals surface area contributed by atoms with Crippen molar-refractivity contribution >= 4 is 0 Å². The first-order valence-corrected chi connectivity index (χ1v) is 5.86. The Morgan fingerprint density at radius 3 is 2.87 bits per heavy atom. The molecule has 1 aromatic rings. The zero-order valence-electron chi connectivity index (χ0n) is 10.0. The van der Waals surface area contributed by atoms with Crippen LogP contribution in [0, 0.1) is 5.92 Å². The number of oxazole rings is 1. The van der Waals surface area contributed by atoms with Crippen LogP contribution in [0.1, 0.15) is 38.8 Å². The van der Waals surface area contributed by atoms with Gasteiger partial charge in [-0.2, -0.15) is 0 Å². The molecule has 1 aromatic heterocycles. The predicted octanol–water partition coefficient (Wildman–Crippen LogP) is 2.42. The summed E-state index contributed by atoms with van der Waals surface area (Å²) in [5, 5.41) is 3.41. The lowest BCUT2D eigenvalue weighted by Crippen LogP contribution is -2.21. The van der Waals surface area contributed by atoms with Crippen molar-refractivity contribution in [3.05, 3.63) is 17.8 Å². The largest absolute Gasteiger partial charge is 0.446 e. The molecule has 0 aromatic carbocycles. The van der Waals surface area contributed by atoms with Crippen LogP contribution in [0.5, 0.6) is 0 Å². The Kier molecular flexibility index (Phi) is 5.40. The molecule has 1 rings (SSSR count). The van der Waals surface area contributed by atoms with Crippen LogP contribution in [0.15, 0.2) is 10.6 Å². The van der Waals surface area contributed by atoms with Crippen LogP contribution in [0.2, 0.25) is 0 Å². The van der Waals surface area contributed by atoms with Gasteiger partial charge in [0, 0.05) is 12.8 Å². The van der Waals surface area contributed by atoms with E-state index in [-0.39, 0.29) is 0 Å². The van der Waals surface area contributed by atoms with E-state index in [2.05, 4.69) is 31.1 Å². The van der Waals surface area contributed by atoms with E-state index < -0.39 is 0 Å². The van der Waals surface area contributed by atoms with E-state index in [0.717, 1.165) is 49.9 Å². The van der Waals surface area contributed by atoms with Crippen LogP contribution >= 0.6 is 0 Å². The second kappa shape index (κ2) is 6.62. The number of hydrogen-bond donors (Lipinski definition) is 1. The molecular formula is C12H22N2O. The number of aryl methyl sites for hydroxylation is 2. The van der Waals surface area contributed by atoms with Crippen molar-refractivity contribution in [1.29, 1.82) is 0 Å². The van der Waals surface area contributed by atoms with Crippen molar-refractivity contribution in [2.24, 2.45) is 5.92 Å². The van der Waals surface area contributed by atoms with E-state index >= 15 is 0 Å². The third-order valence-electron chi connectivity index (χ3n) is 2.25. The maximum Gasteiger partial charge on any atom is 0.194 e. The average molecular weight is 210 g/mol. The summed E-state index contributed by atoms with van der Waals surface area (Å²) in [6.45, 7) is 8.64. The molecule has 0 saturated heterocycles. The first-order chi connectivity index (χ1) is 7.22. The first kappa shape index (κ1) is 12.2. The number of nitrogens with one attached hydrogen (secondary N) is 1. The second-order valence-electron chi connectivity index (χ2n) is 4.28. The van der Waals surface area contributed by atoms with Gasteiger partial charge in [0.15, 0.2) is 5.89 Å². The molecule has 0 aliphatic carbocycles. The molecule has 0 saturated carbocycles. The number of rotatable bonds is 7. The molecule has 0 spiro atoms. The molecule has 0 fully saturated rings. The zero-order chi connectivity index (χ0) is 11.1. The summed E-state index contributed by atoms with van der Waals surface area (Å²) >= 11 is 0. The molecular weight excluding hydrogens is 188 g/mol. The van der Waals surface area contributed by atoms with E-state index in [0.29, 0.717) is 0 Å². The Hall–Kier alpha value is -0.830. The predicted molar refractivity (Wildman–Crippen MR) is 61.9 cm³/mol. The molecule has 0 aliphatic rings. The van der Waals surface area contributed by atoms with Gasteiger partial charge in [-0.05, 0) is 25.4 Å². The summed E-state index contributed by atoms with van der Waals surface area (Å²) in [5.74, 6) is 2.58. The smallest absolute Gasteiger partial charge is 0.194 e. The van der Waals surface area contributed by atoms with Gasteiger partial charge in [0.25, 0.3) is 0 Å². The Labute approximate surface area is 92.3 Å². The van der Waals surface area contributed by atoms with Crippen molar-refractivity contribution in [2.45, 2.75) is 40.0 Å². The molecule has 0 aliphatic heterocycles. The highest BCUT2D eigenvalue weighted by Gasteiger charge is 2.01. The van der Waals surface area contributed by atoms with E-state index in [1.54, 1.807) is 0 Å². The summed E-state index contributed by atoms with van der Waals surface area (Å²) < 4.78 is 5.52. The zero-order valence-corrected chi connectivity index (χ0v) is 10.0. The van der Waals surface area contributed by atoms with Gasteiger partial charge in [-0.3, -0.25) is 0 Å². The highest BCUT2D eigenvalue weighted by molar-refractivity contribution is 4.93. The van der Waals surface area contributed by atoms with Crippen LogP contribution in [0.3, 0.4) is 0 Å². The SMILES string of the molecule is CCc1cnc(CCCNCC(C)C)o1. The van der Waals surface area contributed by atoms with Gasteiger partial charge in [-0.15, -0.1) is 0 Å².